The SMILES string of the molecule is Cc1cc(C)c(B(c2c(C)cc(C)cc2C)c2c(C)cc(C)cc2C)c(C)c1.c1ccc(-c2ccccc2B(c2ccccc2-c2ccccc2)c2ccccc2-c2ccccc2)cc1.c1ccc(N2c3cccc4c3B3c5c(cccc5Oc5cccc2c53)O4)cc1. The van der Waals surface area contributed by atoms with Gasteiger partial charge in [-0.1, -0.05) is 319 Å². The van der Waals surface area contributed by atoms with Gasteiger partial charge in [-0.05, 0) is 155 Å². The van der Waals surface area contributed by atoms with Crippen molar-refractivity contribution >= 4 is 86.4 Å². The topological polar surface area (TPSA) is 21.7 Å². The highest BCUT2D eigenvalue weighted by Crippen LogP contribution is 2.45. The highest BCUT2D eigenvalue weighted by molar-refractivity contribution is 7.01. The number of nitrogens with zero attached hydrogens (tertiary/aromatic N) is 1. The predicted octanol–water partition coefficient (Wildman–Crippen LogP) is 16.4. The Morgan fingerprint density at radius 3 is 0.882 bits per heavy atom. The summed E-state index contributed by atoms with van der Waals surface area (Å²) >= 11 is 0. The van der Waals surface area contributed by atoms with E-state index in [1.165, 1.54) is 139 Å². The van der Waals surface area contributed by atoms with Gasteiger partial charge in [0.05, 0.1) is 0 Å². The van der Waals surface area contributed by atoms with Crippen LogP contribution in [0.1, 0.15) is 50.1 Å². The van der Waals surface area contributed by atoms with E-state index < -0.39 is 0 Å². The Morgan fingerprint density at radius 2 is 0.548 bits per heavy atom. The molecule has 93 heavy (non-hydrogen) atoms. The second-order valence-corrected chi connectivity index (χ2v) is 25.5. The van der Waals surface area contributed by atoms with E-state index in [2.05, 4.69) is 328 Å². The van der Waals surface area contributed by atoms with E-state index in [0.29, 0.717) is 0 Å². The molecule has 0 radical (unpaired) electrons. The maximum Gasteiger partial charge on any atom is 0.266 e. The quantitative estimate of drug-likeness (QED) is 0.127. The van der Waals surface area contributed by atoms with Crippen molar-refractivity contribution in [1.29, 1.82) is 0 Å². The van der Waals surface area contributed by atoms with Gasteiger partial charge in [0.1, 0.15) is 23.0 Å². The van der Waals surface area contributed by atoms with E-state index in [1.54, 1.807) is 0 Å². The minimum Gasteiger partial charge on any atom is -0.458 e. The van der Waals surface area contributed by atoms with Gasteiger partial charge >= 0.3 is 0 Å². The van der Waals surface area contributed by atoms with Crippen molar-refractivity contribution in [3.05, 3.63) is 335 Å². The fourth-order valence-electron chi connectivity index (χ4n) is 15.6. The summed E-state index contributed by atoms with van der Waals surface area (Å²) in [5.41, 5.74) is 35.2. The molecule has 3 heterocycles. The van der Waals surface area contributed by atoms with Crippen LogP contribution in [-0.4, -0.2) is 20.1 Å². The second-order valence-electron chi connectivity index (χ2n) is 25.5. The lowest BCUT2D eigenvalue weighted by Crippen LogP contribution is -2.61. The molecule has 0 fully saturated rings. The third-order valence-corrected chi connectivity index (χ3v) is 19.1. The standard InChI is InChI=1S/C36H27B.C27H33B.C24H14BNO2/c1-4-16-28(17-5-1)31-22-10-13-25-34(31)37(35-26-14-11-23-32(35)29-18-6-2-7-19-29)36-27-15-12-24-33(36)30-20-8-3-9-21-30;1-16-10-19(4)25(20(5)11-16)28(26-21(6)12-17(2)13-22(26)7)27-23(8)14-18(3)15-24(27)9;1-2-7-15(8-3-1)26-16-9-4-11-18-22(16)25-23-17(26)10-5-12-19(23)28-21-14-6-13-20(27-18)24(21)25/h1-27H;10-15H,1-9H3;1-14H. The Hall–Kier alpha value is -10.5. The average Bonchev–Trinajstić information content (AvgIpc) is 0.700. The van der Waals surface area contributed by atoms with Crippen molar-refractivity contribution in [3.8, 4) is 56.4 Å². The molecule has 0 bridgehead atoms. The number of ether oxygens (including phenoxy) is 2. The molecule has 13 aromatic rings. The van der Waals surface area contributed by atoms with Crippen molar-refractivity contribution in [2.24, 2.45) is 0 Å². The summed E-state index contributed by atoms with van der Waals surface area (Å²) in [6, 6.07) is 102. The molecule has 0 unspecified atom stereocenters. The molecule has 0 atom stereocenters. The summed E-state index contributed by atoms with van der Waals surface area (Å²) in [7, 11) is 0. The largest absolute Gasteiger partial charge is 0.458 e. The summed E-state index contributed by atoms with van der Waals surface area (Å²) in [6.07, 6.45) is 0. The van der Waals surface area contributed by atoms with Crippen molar-refractivity contribution in [3.63, 3.8) is 0 Å². The predicted molar refractivity (Wildman–Crippen MR) is 399 cm³/mol. The molecular weight excluding hydrogens is 1120 g/mol. The summed E-state index contributed by atoms with van der Waals surface area (Å²) in [6.45, 7) is 20.7. The zero-order valence-electron chi connectivity index (χ0n) is 54.6. The van der Waals surface area contributed by atoms with Crippen LogP contribution in [0, 0.1) is 62.3 Å². The Morgan fingerprint density at radius 1 is 0.269 bits per heavy atom. The average molecular weight is 1200 g/mol. The molecule has 0 saturated heterocycles. The Labute approximate surface area is 551 Å². The minimum absolute atomic E-state index is 0.0456. The van der Waals surface area contributed by atoms with Crippen molar-refractivity contribution in [2.45, 2.75) is 62.3 Å². The van der Waals surface area contributed by atoms with Crippen LogP contribution in [0.4, 0.5) is 17.1 Å². The third kappa shape index (κ3) is 11.4. The first-order valence-electron chi connectivity index (χ1n) is 32.7. The fraction of sp³-hybridized carbons (Fsp3) is 0.103. The normalized spacial score (nSPS) is 11.8. The van der Waals surface area contributed by atoms with E-state index in [0.717, 1.165) is 34.1 Å². The molecule has 13 aromatic carbocycles. The zero-order chi connectivity index (χ0) is 63.9. The molecule has 3 nitrogen and oxygen atoms in total. The monoisotopic (exact) mass is 1200 g/mol. The lowest BCUT2D eigenvalue weighted by Gasteiger charge is -2.42. The van der Waals surface area contributed by atoms with Crippen LogP contribution >= 0.6 is 0 Å². The summed E-state index contributed by atoms with van der Waals surface area (Å²) in [5.74, 6) is 3.63. The molecule has 0 aliphatic carbocycles. The van der Waals surface area contributed by atoms with Gasteiger partial charge in [0.25, 0.3) is 6.71 Å². The summed E-state index contributed by atoms with van der Waals surface area (Å²) < 4.78 is 12.7. The maximum atomic E-state index is 6.33. The molecule has 3 aliphatic rings. The zero-order valence-corrected chi connectivity index (χ0v) is 54.6. The number of anilines is 3. The van der Waals surface area contributed by atoms with Gasteiger partial charge in [-0.2, -0.15) is 0 Å². The van der Waals surface area contributed by atoms with Gasteiger partial charge in [-0.15, -0.1) is 0 Å². The number of benzene rings is 13. The molecule has 6 heteroatoms. The van der Waals surface area contributed by atoms with Crippen LogP contribution in [0.2, 0.25) is 0 Å². The van der Waals surface area contributed by atoms with Gasteiger partial charge < -0.3 is 14.4 Å². The van der Waals surface area contributed by atoms with E-state index in [9.17, 15) is 0 Å². The lowest BCUT2D eigenvalue weighted by atomic mass is 9.33. The number of aryl methyl sites for hydroxylation is 9. The number of rotatable bonds is 10. The van der Waals surface area contributed by atoms with Gasteiger partial charge in [-0.3, -0.25) is 0 Å². The highest BCUT2D eigenvalue weighted by Gasteiger charge is 2.47. The molecule has 0 saturated carbocycles. The third-order valence-electron chi connectivity index (χ3n) is 19.1. The van der Waals surface area contributed by atoms with E-state index >= 15 is 0 Å². The van der Waals surface area contributed by atoms with Crippen LogP contribution in [0.25, 0.3) is 33.4 Å². The Balaban J connectivity index is 0.000000123. The molecular formula is C87H74B3NO2. The van der Waals surface area contributed by atoms with Crippen molar-refractivity contribution in [1.82, 2.24) is 0 Å². The minimum atomic E-state index is 0.0456. The molecule has 3 aliphatic heterocycles. The van der Waals surface area contributed by atoms with Gasteiger partial charge in [-0.25, -0.2) is 0 Å². The number of para-hydroxylation sites is 1. The highest BCUT2D eigenvalue weighted by atomic mass is 16.5. The molecule has 16 rings (SSSR count). The Kier molecular flexibility index (Phi) is 16.5. The van der Waals surface area contributed by atoms with Crippen LogP contribution in [0.15, 0.2) is 285 Å². The lowest BCUT2D eigenvalue weighted by molar-refractivity contribution is 0.464. The van der Waals surface area contributed by atoms with Crippen LogP contribution in [-0.2, 0) is 0 Å². The van der Waals surface area contributed by atoms with E-state index in [1.807, 2.05) is 24.3 Å². The number of hydrogen-bond donors (Lipinski definition) is 0. The number of hydrogen-bond acceptors (Lipinski definition) is 3. The second kappa shape index (κ2) is 25.6. The van der Waals surface area contributed by atoms with Gasteiger partial charge in [0, 0.05) is 22.5 Å². The van der Waals surface area contributed by atoms with E-state index in [4.69, 9.17) is 9.47 Å². The van der Waals surface area contributed by atoms with E-state index in [-0.39, 0.29) is 20.1 Å². The Bertz CT molecular complexity index is 4450. The van der Waals surface area contributed by atoms with Gasteiger partial charge in [0.15, 0.2) is 0 Å². The first-order valence-corrected chi connectivity index (χ1v) is 32.7. The summed E-state index contributed by atoms with van der Waals surface area (Å²) in [4.78, 5) is 2.32. The van der Waals surface area contributed by atoms with Crippen LogP contribution < -0.4 is 63.5 Å². The summed E-state index contributed by atoms with van der Waals surface area (Å²) in [5, 5.41) is 0. The van der Waals surface area contributed by atoms with Crippen molar-refractivity contribution < 1.29 is 9.47 Å². The van der Waals surface area contributed by atoms with Crippen molar-refractivity contribution in [2.75, 3.05) is 4.90 Å². The van der Waals surface area contributed by atoms with Crippen LogP contribution in [0.3, 0.4) is 0 Å². The maximum absolute atomic E-state index is 6.33. The molecule has 0 N–H and O–H groups in total. The first-order chi connectivity index (χ1) is 45.4. The molecule has 448 valence electrons. The fourth-order valence-corrected chi connectivity index (χ4v) is 15.6. The van der Waals surface area contributed by atoms with Gasteiger partial charge in [0.2, 0.25) is 13.4 Å². The first kappa shape index (κ1) is 60.0. The molecule has 0 spiro atoms. The van der Waals surface area contributed by atoms with Crippen LogP contribution in [0.5, 0.6) is 23.0 Å². The molecule has 0 aromatic heterocycles. The molecule has 0 amide bonds. The smallest absolute Gasteiger partial charge is 0.266 e.